The standard InChI is InChI=1S/C16H16Br2FNO/c1-2-20-9-12-7-13(17)5-6-16(12)21-10-11-3-4-14(18)8-15(11)19/h3-8,20H,2,9-10H2,1H3. The molecular formula is C16H16Br2FNO. The predicted molar refractivity (Wildman–Crippen MR) is 90.0 cm³/mol. The maximum Gasteiger partial charge on any atom is 0.130 e. The predicted octanol–water partition coefficient (Wildman–Crippen LogP) is 5.04. The van der Waals surface area contributed by atoms with Gasteiger partial charge in [0, 0.05) is 26.6 Å². The van der Waals surface area contributed by atoms with Crippen LogP contribution in [-0.2, 0) is 13.2 Å². The van der Waals surface area contributed by atoms with Crippen molar-refractivity contribution < 1.29 is 9.13 Å². The van der Waals surface area contributed by atoms with E-state index < -0.39 is 0 Å². The highest BCUT2D eigenvalue weighted by Gasteiger charge is 2.07. The van der Waals surface area contributed by atoms with Crippen LogP contribution in [0.1, 0.15) is 18.1 Å². The molecule has 0 unspecified atom stereocenters. The summed E-state index contributed by atoms with van der Waals surface area (Å²) in [5, 5.41) is 3.27. The van der Waals surface area contributed by atoms with Gasteiger partial charge in [0.15, 0.2) is 0 Å². The summed E-state index contributed by atoms with van der Waals surface area (Å²) in [5.74, 6) is 0.496. The molecule has 1 N–H and O–H groups in total. The highest BCUT2D eigenvalue weighted by atomic mass is 79.9. The molecule has 0 spiro atoms. The quantitative estimate of drug-likeness (QED) is 0.712. The van der Waals surface area contributed by atoms with Gasteiger partial charge in [-0.2, -0.15) is 0 Å². The number of nitrogens with one attached hydrogen (secondary N) is 1. The summed E-state index contributed by atoms with van der Waals surface area (Å²) >= 11 is 6.70. The molecule has 21 heavy (non-hydrogen) atoms. The van der Waals surface area contributed by atoms with Crippen LogP contribution in [0, 0.1) is 5.82 Å². The second kappa shape index (κ2) is 7.92. The Bertz CT molecular complexity index is 619. The van der Waals surface area contributed by atoms with Gasteiger partial charge < -0.3 is 10.1 Å². The van der Waals surface area contributed by atoms with Crippen molar-refractivity contribution in [3.63, 3.8) is 0 Å². The first-order valence-corrected chi connectivity index (χ1v) is 8.24. The van der Waals surface area contributed by atoms with Gasteiger partial charge in [-0.25, -0.2) is 4.39 Å². The van der Waals surface area contributed by atoms with Crippen molar-refractivity contribution in [1.82, 2.24) is 5.32 Å². The summed E-state index contributed by atoms with van der Waals surface area (Å²) in [6.07, 6.45) is 0. The van der Waals surface area contributed by atoms with Crippen LogP contribution in [-0.4, -0.2) is 6.54 Å². The van der Waals surface area contributed by atoms with Gasteiger partial charge in [-0.15, -0.1) is 0 Å². The van der Waals surface area contributed by atoms with Gasteiger partial charge in [-0.3, -0.25) is 0 Å². The van der Waals surface area contributed by atoms with Gasteiger partial charge in [0.25, 0.3) is 0 Å². The van der Waals surface area contributed by atoms with Crippen LogP contribution in [0.5, 0.6) is 5.75 Å². The van der Waals surface area contributed by atoms with E-state index in [4.69, 9.17) is 4.74 Å². The molecule has 0 aliphatic heterocycles. The number of hydrogen-bond acceptors (Lipinski definition) is 2. The van der Waals surface area contributed by atoms with Gasteiger partial charge in [-0.1, -0.05) is 44.8 Å². The van der Waals surface area contributed by atoms with E-state index in [9.17, 15) is 4.39 Å². The van der Waals surface area contributed by atoms with Crippen molar-refractivity contribution in [2.24, 2.45) is 0 Å². The molecule has 0 aliphatic rings. The Hall–Kier alpha value is -0.910. The highest BCUT2D eigenvalue weighted by Crippen LogP contribution is 2.25. The van der Waals surface area contributed by atoms with Crippen LogP contribution >= 0.6 is 31.9 Å². The normalized spacial score (nSPS) is 10.7. The summed E-state index contributed by atoms with van der Waals surface area (Å²) in [6, 6.07) is 10.8. The van der Waals surface area contributed by atoms with Crippen molar-refractivity contribution >= 4 is 31.9 Å². The number of benzene rings is 2. The van der Waals surface area contributed by atoms with Gasteiger partial charge in [0.1, 0.15) is 18.2 Å². The van der Waals surface area contributed by atoms with Crippen molar-refractivity contribution in [2.75, 3.05) is 6.54 Å². The zero-order valence-electron chi connectivity index (χ0n) is 11.6. The van der Waals surface area contributed by atoms with Crippen LogP contribution in [0.25, 0.3) is 0 Å². The van der Waals surface area contributed by atoms with Crippen molar-refractivity contribution in [1.29, 1.82) is 0 Å². The average molecular weight is 417 g/mol. The van der Waals surface area contributed by atoms with E-state index in [0.717, 1.165) is 26.8 Å². The first kappa shape index (κ1) is 16.5. The number of hydrogen-bond donors (Lipinski definition) is 1. The number of ether oxygens (including phenoxy) is 1. The van der Waals surface area contributed by atoms with Crippen molar-refractivity contribution in [3.05, 3.63) is 62.3 Å². The van der Waals surface area contributed by atoms with Crippen molar-refractivity contribution in [2.45, 2.75) is 20.1 Å². The lowest BCUT2D eigenvalue weighted by atomic mass is 10.2. The fourth-order valence-electron chi connectivity index (χ4n) is 1.88. The lowest BCUT2D eigenvalue weighted by molar-refractivity contribution is 0.296. The molecule has 0 fully saturated rings. The second-order valence-electron chi connectivity index (χ2n) is 4.56. The molecule has 0 radical (unpaired) electrons. The molecule has 2 rings (SSSR count). The van der Waals surface area contributed by atoms with Gasteiger partial charge in [0.2, 0.25) is 0 Å². The molecule has 0 atom stereocenters. The van der Waals surface area contributed by atoms with Crippen LogP contribution in [0.3, 0.4) is 0 Å². The molecule has 0 heterocycles. The van der Waals surface area contributed by atoms with E-state index in [1.165, 1.54) is 6.07 Å². The Balaban J connectivity index is 2.11. The maximum absolute atomic E-state index is 13.8. The minimum Gasteiger partial charge on any atom is -0.488 e. The van der Waals surface area contributed by atoms with Crippen LogP contribution < -0.4 is 10.1 Å². The first-order chi connectivity index (χ1) is 10.1. The molecule has 112 valence electrons. The van der Waals surface area contributed by atoms with E-state index in [2.05, 4.69) is 44.1 Å². The molecule has 0 saturated heterocycles. The Morgan fingerprint density at radius 3 is 2.48 bits per heavy atom. The molecule has 2 aromatic rings. The van der Waals surface area contributed by atoms with Crippen LogP contribution in [0.2, 0.25) is 0 Å². The maximum atomic E-state index is 13.8. The molecule has 0 amide bonds. The van der Waals surface area contributed by atoms with Gasteiger partial charge in [0.05, 0.1) is 0 Å². The minimum atomic E-state index is -0.269. The minimum absolute atomic E-state index is 0.208. The molecule has 2 nitrogen and oxygen atoms in total. The molecular weight excluding hydrogens is 401 g/mol. The fourth-order valence-corrected chi connectivity index (χ4v) is 2.62. The summed E-state index contributed by atoms with van der Waals surface area (Å²) in [6.45, 7) is 3.86. The molecule has 0 bridgehead atoms. The van der Waals surface area contributed by atoms with Gasteiger partial charge >= 0.3 is 0 Å². The van der Waals surface area contributed by atoms with E-state index in [1.54, 1.807) is 6.07 Å². The van der Waals surface area contributed by atoms with Gasteiger partial charge in [-0.05, 0) is 36.9 Å². The van der Waals surface area contributed by atoms with Crippen LogP contribution in [0.4, 0.5) is 4.39 Å². The van der Waals surface area contributed by atoms with E-state index in [1.807, 2.05) is 24.3 Å². The average Bonchev–Trinajstić information content (AvgIpc) is 2.45. The van der Waals surface area contributed by atoms with Crippen molar-refractivity contribution in [3.8, 4) is 5.75 Å². The zero-order chi connectivity index (χ0) is 15.2. The summed E-state index contributed by atoms with van der Waals surface area (Å²) in [5.41, 5.74) is 1.58. The van der Waals surface area contributed by atoms with E-state index in [-0.39, 0.29) is 12.4 Å². The topological polar surface area (TPSA) is 21.3 Å². The second-order valence-corrected chi connectivity index (χ2v) is 6.39. The molecule has 0 saturated carbocycles. The van der Waals surface area contributed by atoms with E-state index >= 15 is 0 Å². The van der Waals surface area contributed by atoms with E-state index in [0.29, 0.717) is 12.1 Å². The smallest absolute Gasteiger partial charge is 0.130 e. The Kier molecular flexibility index (Phi) is 6.21. The monoisotopic (exact) mass is 415 g/mol. The third-order valence-electron chi connectivity index (χ3n) is 2.99. The summed E-state index contributed by atoms with van der Waals surface area (Å²) in [7, 11) is 0. The Morgan fingerprint density at radius 1 is 1.05 bits per heavy atom. The third kappa shape index (κ3) is 4.80. The number of halogens is 3. The lowest BCUT2D eigenvalue weighted by Gasteiger charge is -2.13. The Labute approximate surface area is 141 Å². The Morgan fingerprint density at radius 2 is 1.76 bits per heavy atom. The summed E-state index contributed by atoms with van der Waals surface area (Å²) < 4.78 is 21.3. The van der Waals surface area contributed by atoms with Crippen LogP contribution in [0.15, 0.2) is 45.3 Å². The third-order valence-corrected chi connectivity index (χ3v) is 3.97. The molecule has 5 heteroatoms. The molecule has 0 aliphatic carbocycles. The number of rotatable bonds is 6. The highest BCUT2D eigenvalue weighted by molar-refractivity contribution is 9.10. The summed E-state index contributed by atoms with van der Waals surface area (Å²) in [4.78, 5) is 0. The fraction of sp³-hybridized carbons (Fsp3) is 0.250. The largest absolute Gasteiger partial charge is 0.488 e. The zero-order valence-corrected chi connectivity index (χ0v) is 14.8. The molecule has 0 aromatic heterocycles. The first-order valence-electron chi connectivity index (χ1n) is 6.66. The molecule has 2 aromatic carbocycles. The lowest BCUT2D eigenvalue weighted by Crippen LogP contribution is -2.13. The SMILES string of the molecule is CCNCc1cc(Br)ccc1OCc1ccc(Br)cc1F.